The molecule has 1 aromatic carbocycles. The average molecular weight is 349 g/mol. The van der Waals surface area contributed by atoms with Gasteiger partial charge in [-0.3, -0.25) is 4.79 Å². The summed E-state index contributed by atoms with van der Waals surface area (Å²) in [5.41, 5.74) is 9.35. The van der Waals surface area contributed by atoms with Gasteiger partial charge in [-0.15, -0.1) is 0 Å². The first-order valence-electron chi connectivity index (χ1n) is 6.88. The van der Waals surface area contributed by atoms with E-state index in [-0.39, 0.29) is 11.7 Å². The largest absolute Gasteiger partial charge is 0.369 e. The third-order valence-corrected chi connectivity index (χ3v) is 4.64. The molecule has 0 spiro atoms. The van der Waals surface area contributed by atoms with Crippen molar-refractivity contribution in [2.45, 2.75) is 26.3 Å². The normalized spacial score (nSPS) is 17.2. The maximum absolute atomic E-state index is 11.5. The molecule has 0 saturated heterocycles. The molecule has 21 heavy (non-hydrogen) atoms. The third-order valence-electron chi connectivity index (χ3n) is 3.89. The Bertz CT molecular complexity index is 723. The minimum Gasteiger partial charge on any atom is -0.369 e. The molecule has 1 amide bonds. The van der Waals surface area contributed by atoms with Gasteiger partial charge in [-0.1, -0.05) is 23.8 Å². The molecule has 0 aliphatic carbocycles. The van der Waals surface area contributed by atoms with E-state index in [0.717, 1.165) is 18.8 Å². The molecule has 1 aromatic heterocycles. The molecule has 0 bridgehead atoms. The first-order valence-corrected chi connectivity index (χ1v) is 7.67. The van der Waals surface area contributed by atoms with Crippen molar-refractivity contribution in [3.05, 3.63) is 45.1 Å². The third kappa shape index (κ3) is 2.33. The Morgan fingerprint density at radius 1 is 1.48 bits per heavy atom. The van der Waals surface area contributed by atoms with E-state index < -0.39 is 5.91 Å². The van der Waals surface area contributed by atoms with Crippen LogP contribution in [0.1, 0.15) is 39.6 Å². The number of hydrogen-bond donors (Lipinski definition) is 2. The molecule has 1 aliphatic rings. The number of nitrogens with zero attached hydrogens (tertiary/aromatic N) is 2. The number of nitrogens with two attached hydrogens (primary N) is 1. The summed E-state index contributed by atoms with van der Waals surface area (Å²) in [6, 6.07) is 6.54. The van der Waals surface area contributed by atoms with E-state index in [1.54, 1.807) is 0 Å². The lowest BCUT2D eigenvalue weighted by atomic mass is 9.96. The summed E-state index contributed by atoms with van der Waals surface area (Å²) in [6.45, 7) is 5.02. The Labute approximate surface area is 131 Å². The predicted molar refractivity (Wildman–Crippen MR) is 85.6 cm³/mol. The van der Waals surface area contributed by atoms with Gasteiger partial charge in [0.05, 0.1) is 10.5 Å². The molecule has 3 N–H and O–H groups in total. The molecule has 6 heteroatoms. The molecule has 5 nitrogen and oxygen atoms in total. The standard InChI is InChI=1S/C15H17BrN4O/c1-8-3-4-9(2)10(7-8)11-5-6-18-15-12(16)13(14(17)21)19-20(11)15/h3-4,7,11,18H,5-6H2,1-2H3,(H2,17,21). The van der Waals surface area contributed by atoms with Crippen LogP contribution in [0.25, 0.3) is 0 Å². The van der Waals surface area contributed by atoms with E-state index in [2.05, 4.69) is 58.4 Å². The van der Waals surface area contributed by atoms with Gasteiger partial charge in [-0.2, -0.15) is 5.10 Å². The monoisotopic (exact) mass is 348 g/mol. The van der Waals surface area contributed by atoms with Crippen LogP contribution in [-0.2, 0) is 0 Å². The molecule has 0 saturated carbocycles. The number of benzene rings is 1. The molecule has 3 rings (SSSR count). The van der Waals surface area contributed by atoms with Crippen LogP contribution in [0.3, 0.4) is 0 Å². The Morgan fingerprint density at radius 2 is 2.24 bits per heavy atom. The van der Waals surface area contributed by atoms with Gasteiger partial charge in [0, 0.05) is 6.54 Å². The molecule has 1 aliphatic heterocycles. The van der Waals surface area contributed by atoms with E-state index in [4.69, 9.17) is 5.73 Å². The highest BCUT2D eigenvalue weighted by Crippen LogP contribution is 2.37. The van der Waals surface area contributed by atoms with Crippen molar-refractivity contribution < 1.29 is 4.79 Å². The van der Waals surface area contributed by atoms with Crippen molar-refractivity contribution in [3.8, 4) is 0 Å². The number of fused-ring (bicyclic) bond motifs is 1. The number of nitrogens with one attached hydrogen (secondary N) is 1. The van der Waals surface area contributed by atoms with E-state index in [1.807, 2.05) is 4.68 Å². The lowest BCUT2D eigenvalue weighted by Gasteiger charge is -2.27. The first kappa shape index (κ1) is 14.1. The van der Waals surface area contributed by atoms with Gasteiger partial charge >= 0.3 is 0 Å². The lowest BCUT2D eigenvalue weighted by molar-refractivity contribution is 0.0994. The maximum Gasteiger partial charge on any atom is 0.270 e. The SMILES string of the molecule is Cc1ccc(C)c(C2CCNc3c(Br)c(C(N)=O)nn32)c1. The van der Waals surface area contributed by atoms with Crippen LogP contribution in [-0.4, -0.2) is 22.2 Å². The topological polar surface area (TPSA) is 72.9 Å². The number of hydrogen-bond acceptors (Lipinski definition) is 3. The zero-order valence-corrected chi connectivity index (χ0v) is 13.6. The molecule has 110 valence electrons. The number of carbonyl (C=O) groups excluding carboxylic acids is 1. The van der Waals surface area contributed by atoms with Gasteiger partial charge in [-0.25, -0.2) is 4.68 Å². The lowest BCUT2D eigenvalue weighted by Crippen LogP contribution is -2.25. The van der Waals surface area contributed by atoms with E-state index >= 15 is 0 Å². The summed E-state index contributed by atoms with van der Waals surface area (Å²) in [5, 5.41) is 7.70. The van der Waals surface area contributed by atoms with Crippen molar-refractivity contribution in [1.29, 1.82) is 0 Å². The summed E-state index contributed by atoms with van der Waals surface area (Å²) in [4.78, 5) is 11.5. The Balaban J connectivity index is 2.14. The number of aromatic nitrogens is 2. The summed E-state index contributed by atoms with van der Waals surface area (Å²) in [7, 11) is 0. The maximum atomic E-state index is 11.5. The van der Waals surface area contributed by atoms with Gasteiger partial charge in [0.25, 0.3) is 5.91 Å². The Hall–Kier alpha value is -1.82. The first-order chi connectivity index (χ1) is 9.99. The van der Waals surface area contributed by atoms with E-state index in [9.17, 15) is 4.79 Å². The van der Waals surface area contributed by atoms with E-state index in [1.165, 1.54) is 16.7 Å². The van der Waals surface area contributed by atoms with Gasteiger partial charge in [-0.05, 0) is 47.3 Å². The molecule has 1 unspecified atom stereocenters. The van der Waals surface area contributed by atoms with Crippen molar-refractivity contribution in [1.82, 2.24) is 9.78 Å². The second kappa shape index (κ2) is 5.18. The quantitative estimate of drug-likeness (QED) is 0.876. The average Bonchev–Trinajstić information content (AvgIpc) is 2.79. The number of primary amides is 1. The van der Waals surface area contributed by atoms with Crippen LogP contribution in [0, 0.1) is 13.8 Å². The Morgan fingerprint density at radius 3 is 2.95 bits per heavy atom. The van der Waals surface area contributed by atoms with Crippen LogP contribution in [0.4, 0.5) is 5.82 Å². The van der Waals surface area contributed by atoms with Crippen molar-refractivity contribution >= 4 is 27.7 Å². The zero-order valence-electron chi connectivity index (χ0n) is 12.0. The molecule has 0 radical (unpaired) electrons. The predicted octanol–water partition coefficient (Wildman–Crippen LogP) is 2.77. The van der Waals surface area contributed by atoms with Crippen molar-refractivity contribution in [2.24, 2.45) is 5.73 Å². The zero-order chi connectivity index (χ0) is 15.1. The second-order valence-corrected chi connectivity index (χ2v) is 6.20. The van der Waals surface area contributed by atoms with Crippen LogP contribution in [0.2, 0.25) is 0 Å². The number of amides is 1. The van der Waals surface area contributed by atoms with Crippen LogP contribution >= 0.6 is 15.9 Å². The van der Waals surface area contributed by atoms with Crippen LogP contribution in [0.5, 0.6) is 0 Å². The van der Waals surface area contributed by atoms with Gasteiger partial charge in [0.2, 0.25) is 0 Å². The number of halogens is 1. The van der Waals surface area contributed by atoms with Crippen LogP contribution < -0.4 is 11.1 Å². The fourth-order valence-corrected chi connectivity index (χ4v) is 3.41. The molecule has 2 aromatic rings. The molecule has 0 fully saturated rings. The highest BCUT2D eigenvalue weighted by molar-refractivity contribution is 9.10. The van der Waals surface area contributed by atoms with Crippen molar-refractivity contribution in [3.63, 3.8) is 0 Å². The summed E-state index contributed by atoms with van der Waals surface area (Å²) in [5.74, 6) is 0.297. The Kier molecular flexibility index (Phi) is 3.49. The van der Waals surface area contributed by atoms with Gasteiger partial charge in [0.1, 0.15) is 5.82 Å². The summed E-state index contributed by atoms with van der Waals surface area (Å²) in [6.07, 6.45) is 0.920. The van der Waals surface area contributed by atoms with Gasteiger partial charge < -0.3 is 11.1 Å². The molecule has 2 heterocycles. The smallest absolute Gasteiger partial charge is 0.270 e. The fourth-order valence-electron chi connectivity index (χ4n) is 2.81. The molecular weight excluding hydrogens is 332 g/mol. The highest BCUT2D eigenvalue weighted by atomic mass is 79.9. The number of anilines is 1. The van der Waals surface area contributed by atoms with E-state index in [0.29, 0.717) is 4.47 Å². The summed E-state index contributed by atoms with van der Waals surface area (Å²) >= 11 is 3.42. The fraction of sp³-hybridized carbons (Fsp3) is 0.333. The minimum absolute atomic E-state index is 0.116. The number of rotatable bonds is 2. The van der Waals surface area contributed by atoms with Crippen molar-refractivity contribution in [2.75, 3.05) is 11.9 Å². The van der Waals surface area contributed by atoms with Gasteiger partial charge in [0.15, 0.2) is 5.69 Å². The second-order valence-electron chi connectivity index (χ2n) is 5.41. The van der Waals surface area contributed by atoms with Crippen LogP contribution in [0.15, 0.2) is 22.7 Å². The highest BCUT2D eigenvalue weighted by Gasteiger charge is 2.29. The molecular formula is C15H17BrN4O. The number of aryl methyl sites for hydroxylation is 2. The number of carbonyl (C=O) groups is 1. The molecule has 1 atom stereocenters. The summed E-state index contributed by atoms with van der Waals surface area (Å²) < 4.78 is 2.51. The minimum atomic E-state index is -0.523.